The van der Waals surface area contributed by atoms with Crippen LogP contribution in [0.25, 0.3) is 0 Å². The fraction of sp³-hybridized carbons (Fsp3) is 0.400. The number of rotatable bonds is 4. The van der Waals surface area contributed by atoms with E-state index in [1.807, 2.05) is 19.9 Å². The Balaban J connectivity index is 1.70. The Morgan fingerprint density at radius 1 is 1.37 bits per heavy atom. The topological polar surface area (TPSA) is 73.9 Å². The van der Waals surface area contributed by atoms with Gasteiger partial charge in [0.1, 0.15) is 5.82 Å². The van der Waals surface area contributed by atoms with Gasteiger partial charge < -0.3 is 19.5 Å². The lowest BCUT2D eigenvalue weighted by Gasteiger charge is -2.41. The average molecular weight is 375 g/mol. The maximum Gasteiger partial charge on any atom is 0.410 e. The summed E-state index contributed by atoms with van der Waals surface area (Å²) < 4.78 is 29.5. The molecule has 1 aromatic carbocycles. The Kier molecular flexibility index (Phi) is 5.21. The standard InChI is InChI=1S/C20H22FNO5/c1-12-8-9-20(2)14(17(23)25-3)11-26-18(16(12)20)27-19(24)22-10-13-6-4-5-7-15(13)21/h4-8,11,16,18H,9-10H2,1-3H3,(H,22,24). The molecule has 1 N–H and O–H groups in total. The molecular formula is C20H22FNO5. The zero-order valence-corrected chi connectivity index (χ0v) is 15.5. The van der Waals surface area contributed by atoms with Crippen molar-refractivity contribution in [1.82, 2.24) is 5.32 Å². The Bertz CT molecular complexity index is 818. The van der Waals surface area contributed by atoms with Crippen LogP contribution in [-0.2, 0) is 25.5 Å². The van der Waals surface area contributed by atoms with Gasteiger partial charge in [-0.2, -0.15) is 0 Å². The molecule has 1 amide bonds. The number of benzene rings is 1. The van der Waals surface area contributed by atoms with Gasteiger partial charge in [-0.15, -0.1) is 0 Å². The van der Waals surface area contributed by atoms with Crippen molar-refractivity contribution in [2.45, 2.75) is 33.1 Å². The molecule has 1 aromatic rings. The van der Waals surface area contributed by atoms with Gasteiger partial charge in [-0.3, -0.25) is 0 Å². The van der Waals surface area contributed by atoms with Crippen LogP contribution >= 0.6 is 0 Å². The zero-order valence-electron chi connectivity index (χ0n) is 15.5. The first-order valence-corrected chi connectivity index (χ1v) is 8.66. The molecule has 0 fully saturated rings. The predicted octanol–water partition coefficient (Wildman–Crippen LogP) is 3.44. The molecule has 144 valence electrons. The van der Waals surface area contributed by atoms with E-state index < -0.39 is 29.6 Å². The summed E-state index contributed by atoms with van der Waals surface area (Å²) in [5, 5.41) is 2.53. The van der Waals surface area contributed by atoms with Crippen molar-refractivity contribution in [2.75, 3.05) is 7.11 Å². The summed E-state index contributed by atoms with van der Waals surface area (Å²) in [6, 6.07) is 6.17. The Labute approximate surface area is 157 Å². The van der Waals surface area contributed by atoms with E-state index in [1.165, 1.54) is 19.4 Å². The van der Waals surface area contributed by atoms with Crippen LogP contribution in [0.15, 0.2) is 47.7 Å². The molecule has 1 heterocycles. The van der Waals surface area contributed by atoms with Crippen LogP contribution in [0.4, 0.5) is 9.18 Å². The van der Waals surface area contributed by atoms with Crippen LogP contribution in [0.2, 0.25) is 0 Å². The number of halogens is 1. The molecule has 0 aromatic heterocycles. The summed E-state index contributed by atoms with van der Waals surface area (Å²) in [6.07, 6.45) is 2.32. The van der Waals surface area contributed by atoms with Gasteiger partial charge in [-0.05, 0) is 19.4 Å². The third-order valence-electron chi connectivity index (χ3n) is 5.24. The average Bonchev–Trinajstić information content (AvgIpc) is 2.96. The van der Waals surface area contributed by atoms with E-state index in [9.17, 15) is 14.0 Å². The highest BCUT2D eigenvalue weighted by Gasteiger charge is 2.53. The lowest BCUT2D eigenvalue weighted by Crippen LogP contribution is -2.45. The number of carbonyl (C=O) groups excluding carboxylic acids is 2. The fourth-order valence-electron chi connectivity index (χ4n) is 3.71. The number of fused-ring (bicyclic) bond motifs is 1. The van der Waals surface area contributed by atoms with Gasteiger partial charge in [0.15, 0.2) is 0 Å². The number of amides is 1. The lowest BCUT2D eigenvalue weighted by atomic mass is 9.70. The van der Waals surface area contributed by atoms with E-state index in [4.69, 9.17) is 14.2 Å². The molecule has 27 heavy (non-hydrogen) atoms. The smallest absolute Gasteiger partial charge is 0.410 e. The molecule has 3 unspecified atom stereocenters. The van der Waals surface area contributed by atoms with Crippen molar-refractivity contribution in [3.8, 4) is 0 Å². The number of methoxy groups -OCH3 is 1. The van der Waals surface area contributed by atoms with Crippen LogP contribution in [0.1, 0.15) is 25.8 Å². The van der Waals surface area contributed by atoms with E-state index >= 15 is 0 Å². The minimum absolute atomic E-state index is 0.00175. The van der Waals surface area contributed by atoms with Crippen molar-refractivity contribution < 1.29 is 28.2 Å². The summed E-state index contributed by atoms with van der Waals surface area (Å²) >= 11 is 0. The molecule has 3 rings (SSSR count). The van der Waals surface area contributed by atoms with Gasteiger partial charge >= 0.3 is 12.1 Å². The number of hydrogen-bond acceptors (Lipinski definition) is 5. The van der Waals surface area contributed by atoms with E-state index in [1.54, 1.807) is 18.2 Å². The third kappa shape index (κ3) is 3.54. The minimum Gasteiger partial charge on any atom is -0.466 e. The van der Waals surface area contributed by atoms with Gasteiger partial charge in [0.25, 0.3) is 6.29 Å². The molecule has 0 saturated heterocycles. The number of alkyl carbamates (subject to hydrolysis) is 1. The number of nitrogens with one attached hydrogen (secondary N) is 1. The van der Waals surface area contributed by atoms with E-state index in [0.29, 0.717) is 17.6 Å². The molecule has 3 atom stereocenters. The zero-order chi connectivity index (χ0) is 19.6. The summed E-state index contributed by atoms with van der Waals surface area (Å²) in [6.45, 7) is 3.83. The van der Waals surface area contributed by atoms with Crippen molar-refractivity contribution >= 4 is 12.1 Å². The van der Waals surface area contributed by atoms with Crippen LogP contribution in [0.5, 0.6) is 0 Å². The first-order valence-electron chi connectivity index (χ1n) is 8.66. The van der Waals surface area contributed by atoms with Crippen LogP contribution in [0.3, 0.4) is 0 Å². The summed E-state index contributed by atoms with van der Waals surface area (Å²) in [5.74, 6) is -1.18. The first kappa shape index (κ1) is 18.9. The molecule has 0 radical (unpaired) electrons. The minimum atomic E-state index is -0.886. The highest BCUT2D eigenvalue weighted by molar-refractivity contribution is 5.90. The molecule has 2 aliphatic rings. The second kappa shape index (κ2) is 7.42. The molecule has 0 spiro atoms. The molecule has 0 saturated carbocycles. The van der Waals surface area contributed by atoms with Crippen molar-refractivity contribution in [3.63, 3.8) is 0 Å². The van der Waals surface area contributed by atoms with Gasteiger partial charge in [-0.25, -0.2) is 14.0 Å². The molecule has 7 heteroatoms. The highest BCUT2D eigenvalue weighted by atomic mass is 19.1. The maximum absolute atomic E-state index is 13.7. The summed E-state index contributed by atoms with van der Waals surface area (Å²) in [7, 11) is 1.32. The Morgan fingerprint density at radius 2 is 2.11 bits per heavy atom. The number of ether oxygens (including phenoxy) is 3. The van der Waals surface area contributed by atoms with Gasteiger partial charge in [0.2, 0.25) is 0 Å². The summed E-state index contributed by atoms with van der Waals surface area (Å²) in [5.41, 5.74) is 1.16. The van der Waals surface area contributed by atoms with Gasteiger partial charge in [-0.1, -0.05) is 36.8 Å². The van der Waals surface area contributed by atoms with Crippen molar-refractivity contribution in [1.29, 1.82) is 0 Å². The number of carbonyl (C=O) groups is 2. The Morgan fingerprint density at radius 3 is 2.81 bits per heavy atom. The van der Waals surface area contributed by atoms with E-state index in [2.05, 4.69) is 5.32 Å². The van der Waals surface area contributed by atoms with Crippen LogP contribution < -0.4 is 5.32 Å². The van der Waals surface area contributed by atoms with Crippen molar-refractivity contribution in [3.05, 3.63) is 59.1 Å². The molecule has 1 aliphatic carbocycles. The number of allylic oxidation sites excluding steroid dienone is 1. The van der Waals surface area contributed by atoms with Crippen LogP contribution in [-0.4, -0.2) is 25.5 Å². The SMILES string of the molecule is COC(=O)C1=COC(OC(=O)NCc2ccccc2F)C2C(C)=CCC12C. The highest BCUT2D eigenvalue weighted by Crippen LogP contribution is 2.53. The number of hydrogen-bond donors (Lipinski definition) is 1. The predicted molar refractivity (Wildman–Crippen MR) is 94.7 cm³/mol. The molecule has 6 nitrogen and oxygen atoms in total. The molecular weight excluding hydrogens is 353 g/mol. The summed E-state index contributed by atoms with van der Waals surface area (Å²) in [4.78, 5) is 24.3. The quantitative estimate of drug-likeness (QED) is 0.645. The second-order valence-corrected chi connectivity index (χ2v) is 6.93. The van der Waals surface area contributed by atoms with E-state index in [0.717, 1.165) is 5.57 Å². The number of esters is 1. The molecule has 0 bridgehead atoms. The van der Waals surface area contributed by atoms with Gasteiger partial charge in [0, 0.05) is 17.5 Å². The van der Waals surface area contributed by atoms with Crippen molar-refractivity contribution in [2.24, 2.45) is 11.3 Å². The van der Waals surface area contributed by atoms with Gasteiger partial charge in [0.05, 0.1) is 24.9 Å². The van der Waals surface area contributed by atoms with E-state index in [-0.39, 0.29) is 12.5 Å². The monoisotopic (exact) mass is 375 g/mol. The first-order chi connectivity index (χ1) is 12.9. The third-order valence-corrected chi connectivity index (χ3v) is 5.24. The lowest BCUT2D eigenvalue weighted by molar-refractivity contribution is -0.147. The Hall–Kier alpha value is -2.83. The fourth-order valence-corrected chi connectivity index (χ4v) is 3.71. The second-order valence-electron chi connectivity index (χ2n) is 6.93. The normalized spacial score (nSPS) is 26.2. The molecule has 1 aliphatic heterocycles. The largest absolute Gasteiger partial charge is 0.466 e. The maximum atomic E-state index is 13.7. The van der Waals surface area contributed by atoms with Crippen LogP contribution in [0, 0.1) is 17.2 Å².